The third-order valence-electron chi connectivity index (χ3n) is 4.93. The zero-order valence-electron chi connectivity index (χ0n) is 14.1. The van der Waals surface area contributed by atoms with Gasteiger partial charge in [-0.05, 0) is 24.8 Å². The fraction of sp³-hybridized carbons (Fsp3) is 0.611. The second-order valence-corrected chi connectivity index (χ2v) is 7.80. The van der Waals surface area contributed by atoms with E-state index in [1.807, 2.05) is 7.05 Å². The van der Waals surface area contributed by atoms with Gasteiger partial charge >= 0.3 is 0 Å². The maximum atomic E-state index is 4.53. The number of thioether (sulfide) groups is 1. The minimum atomic E-state index is 0. The van der Waals surface area contributed by atoms with Gasteiger partial charge in [0.05, 0.1) is 0 Å². The quantitative estimate of drug-likeness (QED) is 0.435. The summed E-state index contributed by atoms with van der Waals surface area (Å²) >= 11 is 2.10. The Balaban J connectivity index is 0.00000192. The van der Waals surface area contributed by atoms with Gasteiger partial charge in [-0.2, -0.15) is 11.8 Å². The maximum absolute atomic E-state index is 4.53. The molecular weight excluding hydrogens is 417 g/mol. The van der Waals surface area contributed by atoms with Gasteiger partial charge in [0.2, 0.25) is 0 Å². The SMILES string of the molecule is CCC1CN(C(=NC)NCC2(c3ccccc3)CC2)CCS1.I. The predicted octanol–water partition coefficient (Wildman–Crippen LogP) is 3.74. The molecule has 1 aliphatic heterocycles. The number of aliphatic imine (C=N–C) groups is 1. The Morgan fingerprint density at radius 3 is 2.70 bits per heavy atom. The zero-order valence-corrected chi connectivity index (χ0v) is 17.3. The average molecular weight is 445 g/mol. The Bertz CT molecular complexity index is 516. The molecule has 1 heterocycles. The molecule has 2 fully saturated rings. The van der Waals surface area contributed by atoms with Crippen molar-refractivity contribution in [3.05, 3.63) is 35.9 Å². The van der Waals surface area contributed by atoms with E-state index in [9.17, 15) is 0 Å². The van der Waals surface area contributed by atoms with Gasteiger partial charge in [0, 0.05) is 43.1 Å². The van der Waals surface area contributed by atoms with Crippen LogP contribution in [0.1, 0.15) is 31.7 Å². The molecule has 0 radical (unpaired) electrons. The van der Waals surface area contributed by atoms with Crippen molar-refractivity contribution < 1.29 is 0 Å². The van der Waals surface area contributed by atoms with Crippen molar-refractivity contribution in [3.63, 3.8) is 0 Å². The van der Waals surface area contributed by atoms with Crippen LogP contribution in [-0.2, 0) is 5.41 Å². The molecule has 1 atom stereocenters. The Kier molecular flexibility index (Phi) is 7.07. The zero-order chi connectivity index (χ0) is 15.4. The standard InChI is InChI=1S/C18H27N3S.HI/c1-3-16-13-21(11-12-22-16)17(19-2)20-14-18(9-10-18)15-7-5-4-6-8-15;/h4-8,16H,3,9-14H2,1-2H3,(H,19,20);1H. The number of halogens is 1. The van der Waals surface area contributed by atoms with E-state index in [0.29, 0.717) is 5.41 Å². The molecule has 2 aliphatic rings. The van der Waals surface area contributed by atoms with E-state index in [0.717, 1.165) is 30.8 Å². The molecule has 1 aliphatic carbocycles. The molecule has 1 unspecified atom stereocenters. The van der Waals surface area contributed by atoms with Crippen molar-refractivity contribution in [2.75, 3.05) is 32.4 Å². The molecule has 1 aromatic rings. The van der Waals surface area contributed by atoms with Crippen LogP contribution in [0, 0.1) is 0 Å². The van der Waals surface area contributed by atoms with Crippen LogP contribution in [0.3, 0.4) is 0 Å². The predicted molar refractivity (Wildman–Crippen MR) is 112 cm³/mol. The van der Waals surface area contributed by atoms with E-state index in [-0.39, 0.29) is 24.0 Å². The molecule has 0 spiro atoms. The first-order chi connectivity index (χ1) is 10.8. The van der Waals surface area contributed by atoms with Crippen LogP contribution in [0.4, 0.5) is 0 Å². The minimum Gasteiger partial charge on any atom is -0.355 e. The summed E-state index contributed by atoms with van der Waals surface area (Å²) in [5.41, 5.74) is 1.81. The first-order valence-electron chi connectivity index (χ1n) is 8.40. The summed E-state index contributed by atoms with van der Waals surface area (Å²) in [7, 11) is 1.91. The smallest absolute Gasteiger partial charge is 0.193 e. The highest BCUT2D eigenvalue weighted by Gasteiger charge is 2.44. The van der Waals surface area contributed by atoms with Gasteiger partial charge in [0.15, 0.2) is 5.96 Å². The van der Waals surface area contributed by atoms with Gasteiger partial charge in [0.25, 0.3) is 0 Å². The molecule has 0 bridgehead atoms. The number of nitrogens with zero attached hydrogens (tertiary/aromatic N) is 2. The number of hydrogen-bond acceptors (Lipinski definition) is 2. The summed E-state index contributed by atoms with van der Waals surface area (Å²) in [6.07, 6.45) is 3.81. The van der Waals surface area contributed by atoms with E-state index in [1.54, 1.807) is 0 Å². The number of benzene rings is 1. The molecule has 1 saturated carbocycles. The number of hydrogen-bond donors (Lipinski definition) is 1. The molecule has 0 aromatic heterocycles. The minimum absolute atomic E-state index is 0. The molecule has 3 rings (SSSR count). The van der Waals surface area contributed by atoms with Crippen molar-refractivity contribution in [1.82, 2.24) is 10.2 Å². The highest BCUT2D eigenvalue weighted by Crippen LogP contribution is 2.47. The molecule has 0 amide bonds. The summed E-state index contributed by atoms with van der Waals surface area (Å²) in [6.45, 7) is 5.52. The third kappa shape index (κ3) is 4.56. The van der Waals surface area contributed by atoms with Gasteiger partial charge < -0.3 is 10.2 Å². The monoisotopic (exact) mass is 445 g/mol. The summed E-state index contributed by atoms with van der Waals surface area (Å²) in [5, 5.41) is 4.40. The van der Waals surface area contributed by atoms with E-state index in [1.165, 1.54) is 30.6 Å². The molecule has 5 heteroatoms. The van der Waals surface area contributed by atoms with Gasteiger partial charge in [-0.3, -0.25) is 4.99 Å². The van der Waals surface area contributed by atoms with E-state index >= 15 is 0 Å². The highest BCUT2D eigenvalue weighted by molar-refractivity contribution is 14.0. The van der Waals surface area contributed by atoms with Crippen LogP contribution >= 0.6 is 35.7 Å². The largest absolute Gasteiger partial charge is 0.355 e. The van der Waals surface area contributed by atoms with Crippen LogP contribution in [0.15, 0.2) is 35.3 Å². The van der Waals surface area contributed by atoms with Crippen LogP contribution in [0.5, 0.6) is 0 Å². The lowest BCUT2D eigenvalue weighted by Gasteiger charge is -2.35. The first kappa shape index (κ1) is 18.9. The summed E-state index contributed by atoms with van der Waals surface area (Å²) in [4.78, 5) is 6.96. The summed E-state index contributed by atoms with van der Waals surface area (Å²) in [5.74, 6) is 2.30. The Hall–Kier alpha value is -0.430. The fourth-order valence-corrected chi connectivity index (χ4v) is 4.43. The average Bonchev–Trinajstić information content (AvgIpc) is 3.38. The second-order valence-electron chi connectivity index (χ2n) is 6.39. The number of rotatable bonds is 4. The number of nitrogens with one attached hydrogen (secondary N) is 1. The van der Waals surface area contributed by atoms with Crippen molar-refractivity contribution in [2.24, 2.45) is 4.99 Å². The van der Waals surface area contributed by atoms with Crippen LogP contribution in [0.2, 0.25) is 0 Å². The van der Waals surface area contributed by atoms with Crippen molar-refractivity contribution in [3.8, 4) is 0 Å². The Morgan fingerprint density at radius 2 is 2.09 bits per heavy atom. The van der Waals surface area contributed by atoms with Gasteiger partial charge in [0.1, 0.15) is 0 Å². The van der Waals surface area contributed by atoms with Crippen LogP contribution < -0.4 is 5.32 Å². The van der Waals surface area contributed by atoms with Gasteiger partial charge in [-0.15, -0.1) is 24.0 Å². The Morgan fingerprint density at radius 1 is 1.35 bits per heavy atom. The van der Waals surface area contributed by atoms with Gasteiger partial charge in [-0.1, -0.05) is 37.3 Å². The normalized spacial score (nSPS) is 23.1. The molecular formula is C18H28IN3S. The fourth-order valence-electron chi connectivity index (χ4n) is 3.25. The third-order valence-corrected chi connectivity index (χ3v) is 6.30. The van der Waals surface area contributed by atoms with Gasteiger partial charge in [-0.25, -0.2) is 0 Å². The van der Waals surface area contributed by atoms with Crippen molar-refractivity contribution in [2.45, 2.75) is 36.9 Å². The first-order valence-corrected chi connectivity index (χ1v) is 9.45. The second kappa shape index (κ2) is 8.60. The topological polar surface area (TPSA) is 27.6 Å². The van der Waals surface area contributed by atoms with E-state index in [2.05, 4.69) is 64.2 Å². The highest BCUT2D eigenvalue weighted by atomic mass is 127. The molecule has 1 N–H and O–H groups in total. The van der Waals surface area contributed by atoms with Crippen molar-refractivity contribution in [1.29, 1.82) is 0 Å². The lowest BCUT2D eigenvalue weighted by molar-refractivity contribution is 0.405. The lowest BCUT2D eigenvalue weighted by atomic mass is 9.96. The molecule has 23 heavy (non-hydrogen) atoms. The lowest BCUT2D eigenvalue weighted by Crippen LogP contribution is -2.49. The van der Waals surface area contributed by atoms with Crippen LogP contribution in [-0.4, -0.2) is 48.5 Å². The molecule has 1 aromatic carbocycles. The summed E-state index contributed by atoms with van der Waals surface area (Å²) in [6, 6.07) is 10.9. The maximum Gasteiger partial charge on any atom is 0.193 e. The molecule has 1 saturated heterocycles. The summed E-state index contributed by atoms with van der Waals surface area (Å²) < 4.78 is 0. The van der Waals surface area contributed by atoms with Crippen molar-refractivity contribution >= 4 is 41.7 Å². The van der Waals surface area contributed by atoms with E-state index < -0.39 is 0 Å². The number of guanidine groups is 1. The Labute approximate surface area is 161 Å². The van der Waals surface area contributed by atoms with Crippen LogP contribution in [0.25, 0.3) is 0 Å². The van der Waals surface area contributed by atoms with E-state index in [4.69, 9.17) is 0 Å². The molecule has 3 nitrogen and oxygen atoms in total. The molecule has 128 valence electrons.